The molecular formula is C15H13Cl2NO2. The number of carboxylic acid groups (broad SMARTS) is 1. The molecule has 1 heterocycles. The monoisotopic (exact) mass is 309 g/mol. The zero-order chi connectivity index (χ0) is 14.8. The third kappa shape index (κ3) is 3.11. The lowest BCUT2D eigenvalue weighted by Crippen LogP contribution is -2.34. The van der Waals surface area contributed by atoms with Crippen molar-refractivity contribution in [2.75, 3.05) is 0 Å². The van der Waals surface area contributed by atoms with Gasteiger partial charge in [0.1, 0.15) is 0 Å². The van der Waals surface area contributed by atoms with Crippen LogP contribution in [0, 0.1) is 0 Å². The van der Waals surface area contributed by atoms with E-state index in [-0.39, 0.29) is 0 Å². The molecule has 20 heavy (non-hydrogen) atoms. The first-order valence-electron chi connectivity index (χ1n) is 6.01. The second-order valence-electron chi connectivity index (χ2n) is 4.83. The van der Waals surface area contributed by atoms with E-state index in [1.54, 1.807) is 49.6 Å². The molecule has 0 fully saturated rings. The predicted molar refractivity (Wildman–Crippen MR) is 79.4 cm³/mol. The zero-order valence-corrected chi connectivity index (χ0v) is 12.3. The van der Waals surface area contributed by atoms with Crippen molar-refractivity contribution in [1.29, 1.82) is 0 Å². The van der Waals surface area contributed by atoms with Gasteiger partial charge in [-0.3, -0.25) is 9.78 Å². The molecule has 104 valence electrons. The number of carbonyl (C=O) groups is 1. The Bertz CT molecular complexity index is 611. The van der Waals surface area contributed by atoms with Gasteiger partial charge in [-0.1, -0.05) is 23.2 Å². The average Bonchev–Trinajstić information content (AvgIpc) is 2.38. The molecule has 1 N–H and O–H groups in total. The number of hydrogen-bond acceptors (Lipinski definition) is 2. The Kier molecular flexibility index (Phi) is 4.31. The lowest BCUT2D eigenvalue weighted by Gasteiger charge is -2.26. The van der Waals surface area contributed by atoms with Gasteiger partial charge in [0.25, 0.3) is 0 Å². The van der Waals surface area contributed by atoms with E-state index in [0.29, 0.717) is 22.0 Å². The first-order valence-corrected chi connectivity index (χ1v) is 6.76. The Morgan fingerprint density at radius 3 is 2.25 bits per heavy atom. The molecule has 2 aromatic rings. The molecule has 0 aliphatic rings. The van der Waals surface area contributed by atoms with Crippen LogP contribution in [0.3, 0.4) is 0 Å². The largest absolute Gasteiger partial charge is 0.481 e. The Morgan fingerprint density at radius 2 is 1.75 bits per heavy atom. The first kappa shape index (κ1) is 14.8. The van der Waals surface area contributed by atoms with Crippen molar-refractivity contribution in [1.82, 2.24) is 4.98 Å². The van der Waals surface area contributed by atoms with Gasteiger partial charge < -0.3 is 5.11 Å². The van der Waals surface area contributed by atoms with Crippen LogP contribution >= 0.6 is 23.2 Å². The summed E-state index contributed by atoms with van der Waals surface area (Å²) in [5.74, 6) is -0.923. The number of benzene rings is 1. The van der Waals surface area contributed by atoms with Gasteiger partial charge in [-0.05, 0) is 54.8 Å². The summed E-state index contributed by atoms with van der Waals surface area (Å²) in [7, 11) is 0. The lowest BCUT2D eigenvalue weighted by molar-refractivity contribution is -0.143. The smallest absolute Gasteiger partial charge is 0.314 e. The fraction of sp³-hybridized carbons (Fsp3) is 0.200. The van der Waals surface area contributed by atoms with E-state index in [1.165, 1.54) is 0 Å². The van der Waals surface area contributed by atoms with E-state index in [2.05, 4.69) is 4.98 Å². The van der Waals surface area contributed by atoms with Crippen molar-refractivity contribution in [3.63, 3.8) is 0 Å². The predicted octanol–water partition coefficient (Wildman–Crippen LogP) is 3.97. The zero-order valence-electron chi connectivity index (χ0n) is 10.8. The molecular weight excluding hydrogens is 297 g/mol. The summed E-state index contributed by atoms with van der Waals surface area (Å²) in [4.78, 5) is 15.7. The molecule has 0 amide bonds. The van der Waals surface area contributed by atoms with Crippen molar-refractivity contribution < 1.29 is 9.90 Å². The number of aromatic nitrogens is 1. The molecule has 5 heteroatoms. The molecule has 3 nitrogen and oxygen atoms in total. The van der Waals surface area contributed by atoms with E-state index in [9.17, 15) is 9.90 Å². The molecule has 1 unspecified atom stereocenters. The number of halogens is 2. The minimum absolute atomic E-state index is 0.335. The van der Waals surface area contributed by atoms with Crippen LogP contribution in [0.25, 0.3) is 0 Å². The normalized spacial score (nSPS) is 13.8. The summed E-state index contributed by atoms with van der Waals surface area (Å²) in [6, 6.07) is 8.47. The second-order valence-corrected chi connectivity index (χ2v) is 5.70. The fourth-order valence-electron chi connectivity index (χ4n) is 2.08. The van der Waals surface area contributed by atoms with E-state index >= 15 is 0 Å². The highest BCUT2D eigenvalue weighted by Gasteiger charge is 2.35. The second kappa shape index (κ2) is 5.81. The van der Waals surface area contributed by atoms with E-state index in [1.807, 2.05) is 0 Å². The molecule has 0 bridgehead atoms. The van der Waals surface area contributed by atoms with E-state index in [0.717, 1.165) is 5.56 Å². The molecule has 0 saturated heterocycles. The van der Waals surface area contributed by atoms with Gasteiger partial charge in [0, 0.05) is 22.4 Å². The summed E-state index contributed by atoms with van der Waals surface area (Å²) in [5, 5.41) is 10.5. The highest BCUT2D eigenvalue weighted by molar-refractivity contribution is 6.34. The molecule has 0 aliphatic heterocycles. The maximum atomic E-state index is 11.7. The van der Waals surface area contributed by atoms with Crippen molar-refractivity contribution in [3.05, 3.63) is 63.9 Å². The van der Waals surface area contributed by atoms with Crippen LogP contribution in [-0.4, -0.2) is 16.1 Å². The summed E-state index contributed by atoms with van der Waals surface area (Å²) in [5.41, 5.74) is 0.371. The number of rotatable bonds is 4. The van der Waals surface area contributed by atoms with Crippen LogP contribution in [0.5, 0.6) is 0 Å². The summed E-state index contributed by atoms with van der Waals surface area (Å²) >= 11 is 12.0. The van der Waals surface area contributed by atoms with Gasteiger partial charge in [0.2, 0.25) is 0 Å². The van der Waals surface area contributed by atoms with Crippen molar-refractivity contribution >= 4 is 29.2 Å². The Hall–Kier alpha value is -1.58. The first-order chi connectivity index (χ1) is 9.41. The van der Waals surface area contributed by atoms with E-state index < -0.39 is 11.4 Å². The van der Waals surface area contributed by atoms with Crippen molar-refractivity contribution in [2.24, 2.45) is 0 Å². The van der Waals surface area contributed by atoms with Gasteiger partial charge in [-0.25, -0.2) is 0 Å². The van der Waals surface area contributed by atoms with Crippen LogP contribution in [0.1, 0.15) is 18.1 Å². The number of carboxylic acids is 1. The lowest BCUT2D eigenvalue weighted by atomic mass is 9.77. The maximum Gasteiger partial charge on any atom is 0.314 e. The molecule has 2 rings (SSSR count). The number of aliphatic carboxylic acids is 1. The summed E-state index contributed by atoms with van der Waals surface area (Å²) in [6.07, 6.45) is 3.62. The molecule has 0 spiro atoms. The molecule has 1 aromatic heterocycles. The highest BCUT2D eigenvalue weighted by atomic mass is 35.5. The van der Waals surface area contributed by atoms with E-state index in [4.69, 9.17) is 23.2 Å². The van der Waals surface area contributed by atoms with Crippen molar-refractivity contribution in [3.8, 4) is 0 Å². The van der Waals surface area contributed by atoms with Gasteiger partial charge in [-0.15, -0.1) is 0 Å². The van der Waals surface area contributed by atoms with Crippen LogP contribution in [0.15, 0.2) is 42.7 Å². The molecule has 0 saturated carbocycles. The summed E-state index contributed by atoms with van der Waals surface area (Å²) < 4.78 is 0. The van der Waals surface area contributed by atoms with Gasteiger partial charge in [0.15, 0.2) is 0 Å². The van der Waals surface area contributed by atoms with Crippen LogP contribution < -0.4 is 0 Å². The standard InChI is InChI=1S/C15H13Cl2NO2/c1-15(14(19)20,9-10-2-4-18-5-3-10)11-6-12(16)8-13(17)7-11/h2-8H,9H2,1H3,(H,19,20). The topological polar surface area (TPSA) is 50.2 Å². The number of hydrogen-bond donors (Lipinski definition) is 1. The minimum atomic E-state index is -1.10. The third-order valence-corrected chi connectivity index (χ3v) is 3.72. The van der Waals surface area contributed by atoms with Crippen LogP contribution in [-0.2, 0) is 16.6 Å². The molecule has 0 aliphatic carbocycles. The average molecular weight is 310 g/mol. The Labute approximate surface area is 127 Å². The van der Waals surface area contributed by atoms with Gasteiger partial charge >= 0.3 is 5.97 Å². The Balaban J connectivity index is 2.46. The SMILES string of the molecule is CC(Cc1ccncc1)(C(=O)O)c1cc(Cl)cc(Cl)c1. The summed E-state index contributed by atoms with van der Waals surface area (Å²) in [6.45, 7) is 1.66. The molecule has 0 radical (unpaired) electrons. The van der Waals surface area contributed by atoms with Crippen LogP contribution in [0.2, 0.25) is 10.0 Å². The quantitative estimate of drug-likeness (QED) is 0.929. The number of nitrogens with zero attached hydrogens (tertiary/aromatic N) is 1. The number of pyridine rings is 1. The Morgan fingerprint density at radius 1 is 1.20 bits per heavy atom. The fourth-order valence-corrected chi connectivity index (χ4v) is 2.61. The van der Waals surface area contributed by atoms with Crippen LogP contribution in [0.4, 0.5) is 0 Å². The third-order valence-electron chi connectivity index (χ3n) is 3.28. The maximum absolute atomic E-state index is 11.7. The van der Waals surface area contributed by atoms with Gasteiger partial charge in [0.05, 0.1) is 5.41 Å². The highest BCUT2D eigenvalue weighted by Crippen LogP contribution is 2.32. The molecule has 1 atom stereocenters. The van der Waals surface area contributed by atoms with Crippen molar-refractivity contribution in [2.45, 2.75) is 18.8 Å². The van der Waals surface area contributed by atoms with Gasteiger partial charge in [-0.2, -0.15) is 0 Å². The minimum Gasteiger partial charge on any atom is -0.481 e. The molecule has 1 aromatic carbocycles.